The van der Waals surface area contributed by atoms with Crippen LogP contribution in [-0.4, -0.2) is 62.0 Å². The molecule has 0 bridgehead atoms. The van der Waals surface area contributed by atoms with Crippen LogP contribution in [0.3, 0.4) is 0 Å². The number of hydrogen-bond acceptors (Lipinski definition) is 11. The average Bonchev–Trinajstić information content (AvgIpc) is 2.90. The van der Waals surface area contributed by atoms with E-state index in [1.54, 1.807) is 13.8 Å². The Morgan fingerprint density at radius 2 is 1.38 bits per heavy atom. The van der Waals surface area contributed by atoms with E-state index in [2.05, 4.69) is 4.74 Å². The molecule has 3 unspecified atom stereocenters. The molecular formula is C27H41NO11. The summed E-state index contributed by atoms with van der Waals surface area (Å²) in [5, 5.41) is 9.67. The molecule has 0 radical (unpaired) electrons. The summed E-state index contributed by atoms with van der Waals surface area (Å²) in [5.41, 5.74) is 6.36. The van der Waals surface area contributed by atoms with Gasteiger partial charge in [0.05, 0.1) is 20.3 Å². The first-order valence-electron chi connectivity index (χ1n) is 13.1. The number of carboxylic acids is 1. The Balaban J connectivity index is 3.31. The van der Waals surface area contributed by atoms with E-state index in [1.165, 1.54) is 18.2 Å². The molecule has 0 aliphatic heterocycles. The van der Waals surface area contributed by atoms with Gasteiger partial charge in [0.2, 0.25) is 0 Å². The van der Waals surface area contributed by atoms with Crippen LogP contribution in [0.2, 0.25) is 0 Å². The fourth-order valence-corrected chi connectivity index (χ4v) is 3.74. The van der Waals surface area contributed by atoms with Gasteiger partial charge in [0.15, 0.2) is 11.5 Å². The lowest BCUT2D eigenvalue weighted by Gasteiger charge is -2.31. The van der Waals surface area contributed by atoms with E-state index in [1.807, 2.05) is 13.8 Å². The van der Waals surface area contributed by atoms with Crippen molar-refractivity contribution in [1.29, 1.82) is 0 Å². The van der Waals surface area contributed by atoms with Gasteiger partial charge in [0, 0.05) is 11.8 Å². The highest BCUT2D eigenvalue weighted by Gasteiger charge is 2.36. The molecule has 0 fully saturated rings. The van der Waals surface area contributed by atoms with Gasteiger partial charge in [0.1, 0.15) is 12.1 Å². The van der Waals surface area contributed by atoms with Crippen molar-refractivity contribution in [2.24, 2.45) is 11.7 Å². The molecule has 39 heavy (non-hydrogen) atoms. The maximum Gasteiger partial charge on any atom is 0.513 e. The van der Waals surface area contributed by atoms with Gasteiger partial charge in [-0.1, -0.05) is 52.5 Å². The predicted octanol–water partition coefficient (Wildman–Crippen LogP) is 5.40. The summed E-state index contributed by atoms with van der Waals surface area (Å²) in [6.45, 7) is 7.53. The number of carboxylic acid groups (broad SMARTS) is 1. The number of hydrogen-bond donors (Lipinski definition) is 2. The number of ether oxygens (including phenoxy) is 6. The monoisotopic (exact) mass is 555 g/mol. The van der Waals surface area contributed by atoms with Crippen LogP contribution in [0.1, 0.15) is 77.7 Å². The third kappa shape index (κ3) is 11.8. The van der Waals surface area contributed by atoms with Gasteiger partial charge in [-0.05, 0) is 37.5 Å². The molecule has 12 heteroatoms. The summed E-state index contributed by atoms with van der Waals surface area (Å²) in [4.78, 5) is 48.1. The maximum absolute atomic E-state index is 12.4. The molecule has 1 aromatic rings. The topological polar surface area (TPSA) is 170 Å². The first-order chi connectivity index (χ1) is 18.5. The van der Waals surface area contributed by atoms with Crippen molar-refractivity contribution in [2.45, 2.75) is 84.3 Å². The highest BCUT2D eigenvalue weighted by atomic mass is 16.7. The third-order valence-electron chi connectivity index (χ3n) is 6.10. The molecule has 0 aromatic heterocycles. The van der Waals surface area contributed by atoms with Crippen molar-refractivity contribution < 1.29 is 52.7 Å². The first kappa shape index (κ1) is 33.5. The molecule has 12 nitrogen and oxygen atoms in total. The van der Waals surface area contributed by atoms with E-state index in [0.29, 0.717) is 18.4 Å². The summed E-state index contributed by atoms with van der Waals surface area (Å²) < 4.78 is 30.5. The molecular weight excluding hydrogens is 514 g/mol. The Morgan fingerprint density at radius 3 is 1.87 bits per heavy atom. The van der Waals surface area contributed by atoms with Crippen LogP contribution in [0.4, 0.5) is 14.4 Å². The molecule has 0 amide bonds. The van der Waals surface area contributed by atoms with Gasteiger partial charge in [0.25, 0.3) is 0 Å². The Kier molecular flexibility index (Phi) is 15.3. The van der Waals surface area contributed by atoms with Crippen molar-refractivity contribution in [2.75, 3.05) is 20.3 Å². The van der Waals surface area contributed by atoms with Gasteiger partial charge in [-0.15, -0.1) is 0 Å². The zero-order valence-corrected chi connectivity index (χ0v) is 23.3. The molecule has 1 aromatic carbocycles. The number of nitrogens with two attached hydrogens (primary N) is 1. The maximum atomic E-state index is 12.4. The zero-order chi connectivity index (χ0) is 29.4. The summed E-state index contributed by atoms with van der Waals surface area (Å²) in [7, 11) is 1.15. The fraction of sp³-hybridized carbons (Fsp3) is 0.630. The standard InChI is InChI=1S/C27H41NO11/c1-6-8-10-14-35-26(32)38-20-13-12-19(16-21(20)39-27(33)36-15-11-9-7-2)22(23(28)24(29)30)17(3)18(4)37-25(31)34-5/h12-13,16-18,22-23H,6-11,14-15,28H2,1-5H3,(H,29,30)/t17?,18?,22?,23-/m0/s1. The number of methoxy groups -OCH3 is 1. The minimum atomic E-state index is -1.42. The molecule has 0 saturated heterocycles. The van der Waals surface area contributed by atoms with Crippen molar-refractivity contribution >= 4 is 24.4 Å². The summed E-state index contributed by atoms with van der Waals surface area (Å²) in [6.07, 6.45) is 1.16. The van der Waals surface area contributed by atoms with Crippen molar-refractivity contribution in [3.05, 3.63) is 23.8 Å². The smallest absolute Gasteiger partial charge is 0.480 e. The third-order valence-corrected chi connectivity index (χ3v) is 6.10. The molecule has 0 aliphatic rings. The molecule has 0 spiro atoms. The largest absolute Gasteiger partial charge is 0.513 e. The van der Waals surface area contributed by atoms with Crippen LogP contribution in [-0.2, 0) is 23.7 Å². The predicted molar refractivity (Wildman–Crippen MR) is 140 cm³/mol. The molecule has 4 atom stereocenters. The number of carbonyl (C=O) groups is 4. The van der Waals surface area contributed by atoms with E-state index >= 15 is 0 Å². The molecule has 220 valence electrons. The number of rotatable bonds is 16. The van der Waals surface area contributed by atoms with Gasteiger partial charge >= 0.3 is 24.4 Å². The Labute approximate surface area is 229 Å². The minimum Gasteiger partial charge on any atom is -0.480 e. The van der Waals surface area contributed by atoms with Crippen molar-refractivity contribution in [3.63, 3.8) is 0 Å². The Bertz CT molecular complexity index is 936. The van der Waals surface area contributed by atoms with Gasteiger partial charge in [-0.2, -0.15) is 0 Å². The van der Waals surface area contributed by atoms with Crippen LogP contribution in [0, 0.1) is 5.92 Å². The number of aliphatic carboxylic acids is 1. The second-order valence-corrected chi connectivity index (χ2v) is 9.05. The quantitative estimate of drug-likeness (QED) is 0.115. The molecule has 1 rings (SSSR count). The summed E-state index contributed by atoms with van der Waals surface area (Å²) in [6, 6.07) is 2.73. The Hall–Kier alpha value is -3.54. The Morgan fingerprint density at radius 1 is 0.846 bits per heavy atom. The molecule has 0 aliphatic carbocycles. The normalized spacial score (nSPS) is 13.8. The molecule has 0 heterocycles. The van der Waals surface area contributed by atoms with Crippen molar-refractivity contribution in [1.82, 2.24) is 0 Å². The SMILES string of the molecule is CCCCCOC(=O)Oc1ccc(C(C(C)C(C)OC(=O)OC)[C@H](N)C(=O)O)cc1OC(=O)OCCCCC. The summed E-state index contributed by atoms with van der Waals surface area (Å²) in [5.74, 6) is -3.18. The zero-order valence-electron chi connectivity index (χ0n) is 23.3. The lowest BCUT2D eigenvalue weighted by atomic mass is 9.79. The fourth-order valence-electron chi connectivity index (χ4n) is 3.74. The number of unbranched alkanes of at least 4 members (excludes halogenated alkanes) is 4. The van der Waals surface area contributed by atoms with E-state index in [9.17, 15) is 24.3 Å². The highest BCUT2D eigenvalue weighted by Crippen LogP contribution is 2.37. The van der Waals surface area contributed by atoms with Crippen LogP contribution >= 0.6 is 0 Å². The first-order valence-corrected chi connectivity index (χ1v) is 13.1. The lowest BCUT2D eigenvalue weighted by Crippen LogP contribution is -2.42. The van der Waals surface area contributed by atoms with E-state index in [0.717, 1.165) is 32.8 Å². The van der Waals surface area contributed by atoms with Crippen LogP contribution < -0.4 is 15.2 Å². The van der Waals surface area contributed by atoms with Crippen LogP contribution in [0.25, 0.3) is 0 Å². The lowest BCUT2D eigenvalue weighted by molar-refractivity contribution is -0.139. The van der Waals surface area contributed by atoms with Crippen LogP contribution in [0.5, 0.6) is 11.5 Å². The minimum absolute atomic E-state index is 0.133. The second kappa shape index (κ2) is 17.9. The molecule has 0 saturated carbocycles. The second-order valence-electron chi connectivity index (χ2n) is 9.05. The van der Waals surface area contributed by atoms with Gasteiger partial charge in [-0.3, -0.25) is 4.79 Å². The average molecular weight is 556 g/mol. The summed E-state index contributed by atoms with van der Waals surface area (Å²) >= 11 is 0. The van der Waals surface area contributed by atoms with E-state index < -0.39 is 48.4 Å². The van der Waals surface area contributed by atoms with Gasteiger partial charge < -0.3 is 39.3 Å². The van der Waals surface area contributed by atoms with E-state index in [-0.39, 0.29) is 24.7 Å². The number of carbonyl (C=O) groups excluding carboxylic acids is 3. The highest BCUT2D eigenvalue weighted by molar-refractivity contribution is 5.75. The number of benzene rings is 1. The van der Waals surface area contributed by atoms with E-state index in [4.69, 9.17) is 29.4 Å². The van der Waals surface area contributed by atoms with Gasteiger partial charge in [-0.25, -0.2) is 14.4 Å². The van der Waals surface area contributed by atoms with Crippen LogP contribution in [0.15, 0.2) is 18.2 Å². The molecule has 3 N–H and O–H groups in total. The van der Waals surface area contributed by atoms with Crippen molar-refractivity contribution in [3.8, 4) is 11.5 Å².